The number of hydrogen-bond acceptors (Lipinski definition) is 4. The quantitative estimate of drug-likeness (QED) is 0.758. The fourth-order valence-corrected chi connectivity index (χ4v) is 3.81. The fraction of sp³-hybridized carbons (Fsp3) is 0.158. The monoisotopic (exact) mass is 351 g/mol. The summed E-state index contributed by atoms with van der Waals surface area (Å²) in [4.78, 5) is 11.6. The molecular weight excluding hydrogens is 334 g/mol. The number of ether oxygens (including phenoxy) is 1. The Bertz CT molecular complexity index is 904. The fourth-order valence-electron chi connectivity index (χ4n) is 2.77. The first-order chi connectivity index (χ1) is 12.2. The number of nitrogens with zero attached hydrogens (tertiary/aromatic N) is 2. The zero-order chi connectivity index (χ0) is 17.2. The second-order valence-corrected chi connectivity index (χ2v) is 6.75. The molecule has 0 saturated heterocycles. The average Bonchev–Trinajstić information content (AvgIpc) is 3.19. The van der Waals surface area contributed by atoms with Gasteiger partial charge in [0.05, 0.1) is 11.4 Å². The third kappa shape index (κ3) is 3.25. The van der Waals surface area contributed by atoms with Gasteiger partial charge >= 0.3 is 0 Å². The van der Waals surface area contributed by atoms with Gasteiger partial charge in [-0.3, -0.25) is 4.79 Å². The third-order valence-corrected chi connectivity index (χ3v) is 4.88. The number of aromatic nitrogens is 2. The SMILES string of the molecule is CC(=O)Nc1c2c(nn1-c1ccc(Oc3ccccc3)cc1)CSC2. The number of anilines is 1. The molecule has 1 amide bonds. The van der Waals surface area contributed by atoms with Gasteiger partial charge in [-0.1, -0.05) is 18.2 Å². The molecule has 0 radical (unpaired) electrons. The van der Waals surface area contributed by atoms with Crippen LogP contribution >= 0.6 is 11.8 Å². The van der Waals surface area contributed by atoms with E-state index in [1.807, 2.05) is 66.4 Å². The first-order valence-electron chi connectivity index (χ1n) is 8.00. The summed E-state index contributed by atoms with van der Waals surface area (Å²) < 4.78 is 7.63. The topological polar surface area (TPSA) is 56.2 Å². The van der Waals surface area contributed by atoms with Gasteiger partial charge in [0.25, 0.3) is 0 Å². The summed E-state index contributed by atoms with van der Waals surface area (Å²) in [5.41, 5.74) is 3.05. The van der Waals surface area contributed by atoms with E-state index in [1.165, 1.54) is 6.92 Å². The maximum Gasteiger partial charge on any atom is 0.222 e. The van der Waals surface area contributed by atoms with Gasteiger partial charge in [0.15, 0.2) is 0 Å². The van der Waals surface area contributed by atoms with Gasteiger partial charge in [-0.25, -0.2) is 4.68 Å². The van der Waals surface area contributed by atoms with Crippen molar-refractivity contribution in [2.45, 2.75) is 18.4 Å². The van der Waals surface area contributed by atoms with E-state index in [-0.39, 0.29) is 5.91 Å². The summed E-state index contributed by atoms with van der Waals surface area (Å²) >= 11 is 1.81. The van der Waals surface area contributed by atoms with Crippen LogP contribution in [0.5, 0.6) is 11.5 Å². The number of rotatable bonds is 4. The molecule has 1 aliphatic rings. The number of fused-ring (bicyclic) bond motifs is 1. The molecule has 0 bridgehead atoms. The molecule has 0 atom stereocenters. The molecule has 126 valence electrons. The molecule has 2 heterocycles. The van der Waals surface area contributed by atoms with E-state index in [2.05, 4.69) is 10.4 Å². The molecule has 0 spiro atoms. The van der Waals surface area contributed by atoms with Gasteiger partial charge in [-0.05, 0) is 36.4 Å². The molecule has 1 aliphatic heterocycles. The van der Waals surface area contributed by atoms with Crippen molar-refractivity contribution in [3.8, 4) is 17.2 Å². The summed E-state index contributed by atoms with van der Waals surface area (Å²) in [5, 5.41) is 7.59. The molecular formula is C19H17N3O2S. The Kier molecular flexibility index (Phi) is 4.19. The average molecular weight is 351 g/mol. The highest BCUT2D eigenvalue weighted by Crippen LogP contribution is 2.36. The van der Waals surface area contributed by atoms with Crippen molar-refractivity contribution in [3.63, 3.8) is 0 Å². The van der Waals surface area contributed by atoms with E-state index in [0.717, 1.165) is 45.8 Å². The standard InChI is InChI=1S/C19H17N3O2S/c1-13(23)20-19-17-11-25-12-18(17)21-22(19)14-7-9-16(10-8-14)24-15-5-3-2-4-6-15/h2-10H,11-12H2,1H3,(H,20,23). The minimum absolute atomic E-state index is 0.0927. The molecule has 0 saturated carbocycles. The number of amides is 1. The molecule has 5 nitrogen and oxygen atoms in total. The summed E-state index contributed by atoms with van der Waals surface area (Å²) in [6.07, 6.45) is 0. The largest absolute Gasteiger partial charge is 0.457 e. The van der Waals surface area contributed by atoms with Crippen molar-refractivity contribution in [1.82, 2.24) is 9.78 Å². The smallest absolute Gasteiger partial charge is 0.222 e. The van der Waals surface area contributed by atoms with Crippen LogP contribution in [-0.4, -0.2) is 15.7 Å². The maximum absolute atomic E-state index is 11.6. The number of carbonyl (C=O) groups excluding carboxylic acids is 1. The van der Waals surface area contributed by atoms with Crippen molar-refractivity contribution in [3.05, 3.63) is 65.9 Å². The van der Waals surface area contributed by atoms with E-state index in [9.17, 15) is 4.79 Å². The van der Waals surface area contributed by atoms with Crippen LogP contribution in [0.15, 0.2) is 54.6 Å². The normalized spacial score (nSPS) is 12.7. The highest BCUT2D eigenvalue weighted by Gasteiger charge is 2.24. The first-order valence-corrected chi connectivity index (χ1v) is 9.15. The summed E-state index contributed by atoms with van der Waals surface area (Å²) in [6.45, 7) is 1.52. The number of para-hydroxylation sites is 1. The first kappa shape index (κ1) is 15.8. The van der Waals surface area contributed by atoms with E-state index in [4.69, 9.17) is 4.74 Å². The van der Waals surface area contributed by atoms with Crippen LogP contribution in [0.2, 0.25) is 0 Å². The van der Waals surface area contributed by atoms with Crippen LogP contribution in [0, 0.1) is 0 Å². The predicted octanol–water partition coefficient (Wildman–Crippen LogP) is 4.37. The Morgan fingerprint density at radius 1 is 1.08 bits per heavy atom. The molecule has 1 aromatic heterocycles. The lowest BCUT2D eigenvalue weighted by Crippen LogP contribution is -2.12. The minimum atomic E-state index is -0.0927. The highest BCUT2D eigenvalue weighted by molar-refractivity contribution is 7.98. The van der Waals surface area contributed by atoms with Crippen LogP contribution < -0.4 is 10.1 Å². The van der Waals surface area contributed by atoms with Crippen LogP contribution in [-0.2, 0) is 16.3 Å². The van der Waals surface area contributed by atoms with Crippen LogP contribution in [0.1, 0.15) is 18.2 Å². The summed E-state index contributed by atoms with van der Waals surface area (Å²) in [7, 11) is 0. The molecule has 0 aliphatic carbocycles. The maximum atomic E-state index is 11.6. The minimum Gasteiger partial charge on any atom is -0.457 e. The lowest BCUT2D eigenvalue weighted by molar-refractivity contribution is -0.114. The Morgan fingerprint density at radius 2 is 1.80 bits per heavy atom. The van der Waals surface area contributed by atoms with Crippen molar-refractivity contribution in [2.24, 2.45) is 0 Å². The Morgan fingerprint density at radius 3 is 2.52 bits per heavy atom. The number of hydrogen-bond donors (Lipinski definition) is 1. The van der Waals surface area contributed by atoms with E-state index in [1.54, 1.807) is 4.68 Å². The van der Waals surface area contributed by atoms with Gasteiger partial charge in [0.1, 0.15) is 17.3 Å². The third-order valence-electron chi connectivity index (χ3n) is 3.91. The number of benzene rings is 2. The Balaban J connectivity index is 1.63. The van der Waals surface area contributed by atoms with E-state index in [0.29, 0.717) is 0 Å². The van der Waals surface area contributed by atoms with Crippen LogP contribution in [0.3, 0.4) is 0 Å². The second-order valence-electron chi connectivity index (χ2n) is 5.77. The van der Waals surface area contributed by atoms with Crippen molar-refractivity contribution in [2.75, 3.05) is 5.32 Å². The number of nitrogens with one attached hydrogen (secondary N) is 1. The number of thioether (sulfide) groups is 1. The zero-order valence-electron chi connectivity index (χ0n) is 13.7. The molecule has 6 heteroatoms. The molecule has 3 aromatic rings. The van der Waals surface area contributed by atoms with E-state index < -0.39 is 0 Å². The van der Waals surface area contributed by atoms with Gasteiger partial charge < -0.3 is 10.1 Å². The van der Waals surface area contributed by atoms with Crippen LogP contribution in [0.25, 0.3) is 5.69 Å². The molecule has 4 rings (SSSR count). The highest BCUT2D eigenvalue weighted by atomic mass is 32.2. The molecule has 1 N–H and O–H groups in total. The van der Waals surface area contributed by atoms with E-state index >= 15 is 0 Å². The summed E-state index contributed by atoms with van der Waals surface area (Å²) in [5.74, 6) is 3.98. The number of carbonyl (C=O) groups is 1. The molecule has 0 fully saturated rings. The Labute approximate surface area is 150 Å². The van der Waals surface area contributed by atoms with Gasteiger partial charge in [-0.15, -0.1) is 0 Å². The van der Waals surface area contributed by atoms with Crippen molar-refractivity contribution in [1.29, 1.82) is 0 Å². The van der Waals surface area contributed by atoms with Crippen LogP contribution in [0.4, 0.5) is 5.82 Å². The van der Waals surface area contributed by atoms with Gasteiger partial charge in [0, 0.05) is 24.0 Å². The molecule has 0 unspecified atom stereocenters. The predicted molar refractivity (Wildman–Crippen MR) is 99.4 cm³/mol. The zero-order valence-corrected chi connectivity index (χ0v) is 14.5. The van der Waals surface area contributed by atoms with Gasteiger partial charge in [-0.2, -0.15) is 16.9 Å². The Hall–Kier alpha value is -2.73. The molecule has 2 aromatic carbocycles. The van der Waals surface area contributed by atoms with Crippen molar-refractivity contribution >= 4 is 23.5 Å². The second kappa shape index (κ2) is 6.64. The molecule has 25 heavy (non-hydrogen) atoms. The lowest BCUT2D eigenvalue weighted by Gasteiger charge is -2.11. The summed E-state index contributed by atoms with van der Waals surface area (Å²) in [6, 6.07) is 17.4. The van der Waals surface area contributed by atoms with Crippen molar-refractivity contribution < 1.29 is 9.53 Å². The lowest BCUT2D eigenvalue weighted by atomic mass is 10.2. The van der Waals surface area contributed by atoms with Gasteiger partial charge in [0.2, 0.25) is 5.91 Å².